The lowest BCUT2D eigenvalue weighted by atomic mass is 10.2. The van der Waals surface area contributed by atoms with E-state index in [0.717, 1.165) is 23.5 Å². The van der Waals surface area contributed by atoms with Gasteiger partial charge in [-0.2, -0.15) is 0 Å². The molecular formula is C12H10F2N2O2S. The summed E-state index contributed by atoms with van der Waals surface area (Å²) in [5.41, 5.74) is 0.450. The van der Waals surface area contributed by atoms with Gasteiger partial charge in [-0.3, -0.25) is 0 Å². The van der Waals surface area contributed by atoms with E-state index in [4.69, 9.17) is 5.11 Å². The summed E-state index contributed by atoms with van der Waals surface area (Å²) in [6.07, 6.45) is 0. The highest BCUT2D eigenvalue weighted by Gasteiger charge is 2.15. The van der Waals surface area contributed by atoms with Crippen molar-refractivity contribution in [2.45, 2.75) is 13.8 Å². The fourth-order valence-electron chi connectivity index (χ4n) is 1.51. The van der Waals surface area contributed by atoms with Crippen LogP contribution < -0.4 is 5.32 Å². The average Bonchev–Trinajstić information content (AvgIpc) is 2.67. The number of halogens is 2. The maximum atomic E-state index is 13.6. The SMILES string of the molecule is Cc1cc(F)c(Nc2nc(C)c(C(=O)O)s2)cc1F. The Balaban J connectivity index is 2.34. The molecule has 4 nitrogen and oxygen atoms in total. The van der Waals surface area contributed by atoms with Crippen LogP contribution >= 0.6 is 11.3 Å². The van der Waals surface area contributed by atoms with Gasteiger partial charge in [0.05, 0.1) is 11.4 Å². The minimum Gasteiger partial charge on any atom is -0.477 e. The van der Waals surface area contributed by atoms with Gasteiger partial charge in [-0.15, -0.1) is 0 Å². The first kappa shape index (κ1) is 13.4. The Morgan fingerprint density at radius 1 is 1.32 bits per heavy atom. The van der Waals surface area contributed by atoms with Gasteiger partial charge >= 0.3 is 5.97 Å². The molecule has 2 N–H and O–H groups in total. The van der Waals surface area contributed by atoms with Crippen LogP contribution in [0.4, 0.5) is 19.6 Å². The monoisotopic (exact) mass is 284 g/mol. The normalized spacial score (nSPS) is 10.5. The van der Waals surface area contributed by atoms with Crippen LogP contribution in [0.2, 0.25) is 0 Å². The Labute approximate surface area is 111 Å². The molecule has 0 fully saturated rings. The third-order valence-electron chi connectivity index (χ3n) is 2.48. The van der Waals surface area contributed by atoms with E-state index in [0.29, 0.717) is 5.69 Å². The fourth-order valence-corrected chi connectivity index (χ4v) is 2.32. The Hall–Kier alpha value is -2.02. The number of nitrogens with zero attached hydrogens (tertiary/aromatic N) is 1. The zero-order chi connectivity index (χ0) is 14.2. The van der Waals surface area contributed by atoms with Crippen molar-refractivity contribution in [3.05, 3.63) is 39.9 Å². The summed E-state index contributed by atoms with van der Waals surface area (Å²) in [5, 5.41) is 11.7. The standard InChI is InChI=1S/C12H10F2N2O2S/c1-5-3-8(14)9(4-7(5)13)16-12-15-6(2)10(19-12)11(17)18/h3-4H,1-2H3,(H,15,16)(H,17,18). The highest BCUT2D eigenvalue weighted by atomic mass is 32.1. The quantitative estimate of drug-likeness (QED) is 0.905. The second-order valence-electron chi connectivity index (χ2n) is 3.94. The molecule has 0 atom stereocenters. The van der Waals surface area contributed by atoms with Crippen LogP contribution in [0.5, 0.6) is 0 Å². The van der Waals surface area contributed by atoms with Crippen LogP contribution in [0.15, 0.2) is 12.1 Å². The smallest absolute Gasteiger partial charge is 0.347 e. The summed E-state index contributed by atoms with van der Waals surface area (Å²) < 4.78 is 27.0. The number of carbonyl (C=O) groups is 1. The topological polar surface area (TPSA) is 62.2 Å². The number of hydrogen-bond acceptors (Lipinski definition) is 4. The summed E-state index contributed by atoms with van der Waals surface area (Å²) in [6, 6.07) is 2.08. The molecule has 0 bridgehead atoms. The van der Waals surface area contributed by atoms with Gasteiger partial charge < -0.3 is 10.4 Å². The highest BCUT2D eigenvalue weighted by molar-refractivity contribution is 7.17. The van der Waals surface area contributed by atoms with E-state index >= 15 is 0 Å². The number of anilines is 2. The molecule has 19 heavy (non-hydrogen) atoms. The van der Waals surface area contributed by atoms with Crippen molar-refractivity contribution >= 4 is 28.1 Å². The number of nitrogens with one attached hydrogen (secondary N) is 1. The van der Waals surface area contributed by atoms with Gasteiger partial charge in [0, 0.05) is 6.07 Å². The molecular weight excluding hydrogens is 274 g/mol. The molecule has 100 valence electrons. The van der Waals surface area contributed by atoms with Gasteiger partial charge in [-0.1, -0.05) is 11.3 Å². The number of aromatic nitrogens is 1. The van der Waals surface area contributed by atoms with Crippen LogP contribution in [0.1, 0.15) is 20.9 Å². The Morgan fingerprint density at radius 3 is 2.58 bits per heavy atom. The van der Waals surface area contributed by atoms with E-state index in [1.807, 2.05) is 0 Å². The van der Waals surface area contributed by atoms with Crippen LogP contribution in [-0.2, 0) is 0 Å². The average molecular weight is 284 g/mol. The van der Waals surface area contributed by atoms with Gasteiger partial charge in [0.1, 0.15) is 16.5 Å². The summed E-state index contributed by atoms with van der Waals surface area (Å²) in [6.45, 7) is 3.00. The summed E-state index contributed by atoms with van der Waals surface area (Å²) in [4.78, 5) is 14.9. The molecule has 0 aliphatic heterocycles. The number of thiazole rings is 1. The Kier molecular flexibility index (Phi) is 3.48. The number of benzene rings is 1. The molecule has 1 heterocycles. The second-order valence-corrected chi connectivity index (χ2v) is 4.94. The van der Waals surface area contributed by atoms with Crippen molar-refractivity contribution in [2.75, 3.05) is 5.32 Å². The Morgan fingerprint density at radius 2 is 2.00 bits per heavy atom. The third kappa shape index (κ3) is 2.70. The molecule has 0 spiro atoms. The molecule has 0 aliphatic rings. The predicted molar refractivity (Wildman–Crippen MR) is 68.2 cm³/mol. The molecule has 2 rings (SSSR count). The molecule has 0 aliphatic carbocycles. The first-order valence-corrected chi connectivity index (χ1v) is 6.13. The van der Waals surface area contributed by atoms with Crippen molar-refractivity contribution in [2.24, 2.45) is 0 Å². The molecule has 0 saturated carbocycles. The molecule has 0 radical (unpaired) electrons. The fraction of sp³-hybridized carbons (Fsp3) is 0.167. The first-order chi connectivity index (χ1) is 8.88. The maximum Gasteiger partial charge on any atom is 0.347 e. The molecule has 0 amide bonds. The number of hydrogen-bond donors (Lipinski definition) is 2. The summed E-state index contributed by atoms with van der Waals surface area (Å²) in [7, 11) is 0. The van der Waals surface area contributed by atoms with Gasteiger partial charge in [0.2, 0.25) is 0 Å². The van der Waals surface area contributed by atoms with Gasteiger partial charge in [0.15, 0.2) is 5.13 Å². The van der Waals surface area contributed by atoms with Crippen LogP contribution in [0.3, 0.4) is 0 Å². The van der Waals surface area contributed by atoms with Crippen molar-refractivity contribution in [1.82, 2.24) is 4.98 Å². The van der Waals surface area contributed by atoms with E-state index in [9.17, 15) is 13.6 Å². The molecule has 7 heteroatoms. The lowest BCUT2D eigenvalue weighted by Crippen LogP contribution is -1.96. The van der Waals surface area contributed by atoms with Crippen molar-refractivity contribution in [3.8, 4) is 0 Å². The first-order valence-electron chi connectivity index (χ1n) is 5.32. The zero-order valence-corrected chi connectivity index (χ0v) is 10.9. The summed E-state index contributed by atoms with van der Waals surface area (Å²) in [5.74, 6) is -2.27. The number of carboxylic acids is 1. The third-order valence-corrected chi connectivity index (χ3v) is 3.54. The number of aromatic carboxylic acids is 1. The predicted octanol–water partition coefficient (Wildman–Crippen LogP) is 3.48. The van der Waals surface area contributed by atoms with Crippen LogP contribution in [0, 0.1) is 25.5 Å². The van der Waals surface area contributed by atoms with Crippen LogP contribution in [0.25, 0.3) is 0 Å². The van der Waals surface area contributed by atoms with E-state index < -0.39 is 17.6 Å². The molecule has 2 aromatic rings. The molecule has 0 unspecified atom stereocenters. The lowest BCUT2D eigenvalue weighted by molar-refractivity contribution is 0.0701. The lowest BCUT2D eigenvalue weighted by Gasteiger charge is -2.05. The van der Waals surface area contributed by atoms with Crippen molar-refractivity contribution in [1.29, 1.82) is 0 Å². The Bertz CT molecular complexity index is 655. The van der Waals surface area contributed by atoms with E-state index in [1.165, 1.54) is 13.8 Å². The zero-order valence-electron chi connectivity index (χ0n) is 10.1. The number of rotatable bonds is 3. The second kappa shape index (κ2) is 4.93. The van der Waals surface area contributed by atoms with Gasteiger partial charge in [-0.05, 0) is 25.5 Å². The number of carboxylic acid groups (broad SMARTS) is 1. The van der Waals surface area contributed by atoms with Crippen molar-refractivity contribution in [3.63, 3.8) is 0 Å². The molecule has 1 aromatic heterocycles. The summed E-state index contributed by atoms with van der Waals surface area (Å²) >= 11 is 0.870. The minimum atomic E-state index is -1.10. The van der Waals surface area contributed by atoms with Crippen LogP contribution in [-0.4, -0.2) is 16.1 Å². The molecule has 0 saturated heterocycles. The van der Waals surface area contributed by atoms with Gasteiger partial charge in [-0.25, -0.2) is 18.6 Å². The number of aryl methyl sites for hydroxylation is 2. The van der Waals surface area contributed by atoms with E-state index in [-0.39, 0.29) is 21.3 Å². The van der Waals surface area contributed by atoms with Gasteiger partial charge in [0.25, 0.3) is 0 Å². The minimum absolute atomic E-state index is 0.0653. The van der Waals surface area contributed by atoms with E-state index in [1.54, 1.807) is 0 Å². The molecule has 1 aromatic carbocycles. The largest absolute Gasteiger partial charge is 0.477 e. The van der Waals surface area contributed by atoms with Crippen molar-refractivity contribution < 1.29 is 18.7 Å². The maximum absolute atomic E-state index is 13.6. The highest BCUT2D eigenvalue weighted by Crippen LogP contribution is 2.28. The van der Waals surface area contributed by atoms with E-state index in [2.05, 4.69) is 10.3 Å².